The van der Waals surface area contributed by atoms with Gasteiger partial charge in [-0.25, -0.2) is 15.0 Å². The first-order valence-electron chi connectivity index (χ1n) is 16.9. The molecule has 0 radical (unpaired) electrons. The number of nitrogens with zero attached hydrogens (tertiary/aromatic N) is 3. The molecule has 0 spiro atoms. The molecule has 0 aliphatic rings. The van der Waals surface area contributed by atoms with E-state index in [1.807, 2.05) is 36.4 Å². The van der Waals surface area contributed by atoms with E-state index in [1.165, 1.54) is 38.4 Å². The Balaban J connectivity index is 1.09. The lowest BCUT2D eigenvalue weighted by molar-refractivity contribution is 1.07. The molecule has 0 atom stereocenters. The lowest BCUT2D eigenvalue weighted by atomic mass is 9.96. The Morgan fingerprint density at radius 1 is 0.240 bits per heavy atom. The molecule has 0 aliphatic heterocycles. The summed E-state index contributed by atoms with van der Waals surface area (Å²) >= 11 is 0. The second kappa shape index (κ2) is 12.7. The molecule has 0 aliphatic carbocycles. The first kappa shape index (κ1) is 29.4. The van der Waals surface area contributed by atoms with Gasteiger partial charge in [-0.1, -0.05) is 170 Å². The summed E-state index contributed by atoms with van der Waals surface area (Å²) in [7, 11) is 0. The molecule has 0 saturated heterocycles. The zero-order chi connectivity index (χ0) is 33.3. The molecule has 3 heteroatoms. The van der Waals surface area contributed by atoms with Crippen molar-refractivity contribution in [2.75, 3.05) is 0 Å². The average Bonchev–Trinajstić information content (AvgIpc) is 3.21. The van der Waals surface area contributed by atoms with Gasteiger partial charge in [0.1, 0.15) is 0 Å². The molecule has 8 aromatic carbocycles. The van der Waals surface area contributed by atoms with E-state index >= 15 is 0 Å². The van der Waals surface area contributed by atoms with E-state index in [0.29, 0.717) is 17.5 Å². The highest BCUT2D eigenvalue weighted by atomic mass is 15.0. The van der Waals surface area contributed by atoms with Crippen molar-refractivity contribution >= 4 is 21.5 Å². The molecule has 9 aromatic rings. The Labute approximate surface area is 291 Å². The second-order valence-electron chi connectivity index (χ2n) is 12.5. The molecule has 0 saturated carbocycles. The third kappa shape index (κ3) is 5.72. The van der Waals surface area contributed by atoms with E-state index < -0.39 is 0 Å². The maximum absolute atomic E-state index is 5.07. The number of hydrogen-bond donors (Lipinski definition) is 0. The molecule has 234 valence electrons. The van der Waals surface area contributed by atoms with Gasteiger partial charge in [-0.15, -0.1) is 0 Å². The average molecular weight is 638 g/mol. The molecular weight excluding hydrogens is 607 g/mol. The fourth-order valence-corrected chi connectivity index (χ4v) is 6.70. The quantitative estimate of drug-likeness (QED) is 0.182. The van der Waals surface area contributed by atoms with Crippen LogP contribution >= 0.6 is 0 Å². The number of rotatable bonds is 6. The van der Waals surface area contributed by atoms with Gasteiger partial charge >= 0.3 is 0 Å². The van der Waals surface area contributed by atoms with E-state index in [2.05, 4.69) is 152 Å². The third-order valence-corrected chi connectivity index (χ3v) is 9.31. The zero-order valence-electron chi connectivity index (χ0n) is 27.2. The van der Waals surface area contributed by atoms with E-state index in [0.717, 1.165) is 33.2 Å². The van der Waals surface area contributed by atoms with Crippen LogP contribution in [0.2, 0.25) is 0 Å². The molecular formula is C47H31N3. The number of fused-ring (bicyclic) bond motifs is 2. The molecule has 9 rings (SSSR count). The SMILES string of the molecule is c1ccc(-c2ccc3cc(-c4nc(-c5ccccc5)nc(-c5cccc(-c6ccc(-c7cccc8ccccc78)cc6)c5)n4)ccc3c2)cc1. The molecule has 1 aromatic heterocycles. The van der Waals surface area contributed by atoms with Gasteiger partial charge in [-0.05, 0) is 73.1 Å². The second-order valence-corrected chi connectivity index (χ2v) is 12.5. The van der Waals surface area contributed by atoms with E-state index in [4.69, 9.17) is 15.0 Å². The van der Waals surface area contributed by atoms with E-state index in [9.17, 15) is 0 Å². The smallest absolute Gasteiger partial charge is 0.164 e. The van der Waals surface area contributed by atoms with Crippen LogP contribution in [0.15, 0.2) is 188 Å². The minimum absolute atomic E-state index is 0.641. The van der Waals surface area contributed by atoms with Crippen LogP contribution < -0.4 is 0 Å². The van der Waals surface area contributed by atoms with Crippen LogP contribution in [-0.2, 0) is 0 Å². The third-order valence-electron chi connectivity index (χ3n) is 9.31. The van der Waals surface area contributed by atoms with Crippen molar-refractivity contribution in [1.29, 1.82) is 0 Å². The molecule has 0 bridgehead atoms. The monoisotopic (exact) mass is 637 g/mol. The van der Waals surface area contributed by atoms with Crippen molar-refractivity contribution in [2.45, 2.75) is 0 Å². The number of aromatic nitrogens is 3. The maximum Gasteiger partial charge on any atom is 0.164 e. The summed E-state index contributed by atoms with van der Waals surface area (Å²) in [5, 5.41) is 4.81. The minimum atomic E-state index is 0.641. The lowest BCUT2D eigenvalue weighted by Gasteiger charge is -2.11. The van der Waals surface area contributed by atoms with Gasteiger partial charge in [0.05, 0.1) is 0 Å². The predicted molar refractivity (Wildman–Crippen MR) is 207 cm³/mol. The first-order valence-corrected chi connectivity index (χ1v) is 16.9. The largest absolute Gasteiger partial charge is 0.208 e. The van der Waals surface area contributed by atoms with Crippen LogP contribution in [0.5, 0.6) is 0 Å². The zero-order valence-corrected chi connectivity index (χ0v) is 27.2. The first-order chi connectivity index (χ1) is 24.7. The van der Waals surface area contributed by atoms with Crippen LogP contribution in [-0.4, -0.2) is 15.0 Å². The normalized spacial score (nSPS) is 11.2. The summed E-state index contributed by atoms with van der Waals surface area (Å²) in [4.78, 5) is 15.1. The van der Waals surface area contributed by atoms with Crippen molar-refractivity contribution in [3.05, 3.63) is 188 Å². The highest BCUT2D eigenvalue weighted by Crippen LogP contribution is 2.33. The topological polar surface area (TPSA) is 38.7 Å². The van der Waals surface area contributed by atoms with Crippen molar-refractivity contribution in [2.24, 2.45) is 0 Å². The summed E-state index contributed by atoms with van der Waals surface area (Å²) in [6.45, 7) is 0. The molecule has 0 N–H and O–H groups in total. The molecule has 1 heterocycles. The highest BCUT2D eigenvalue weighted by molar-refractivity contribution is 5.97. The minimum Gasteiger partial charge on any atom is -0.208 e. The summed E-state index contributed by atoms with van der Waals surface area (Å²) in [5.74, 6) is 1.94. The lowest BCUT2D eigenvalue weighted by Crippen LogP contribution is -2.00. The molecule has 0 fully saturated rings. The van der Waals surface area contributed by atoms with Crippen LogP contribution in [0.3, 0.4) is 0 Å². The Hall–Kier alpha value is -6.71. The van der Waals surface area contributed by atoms with Crippen molar-refractivity contribution < 1.29 is 0 Å². The van der Waals surface area contributed by atoms with Gasteiger partial charge in [0.15, 0.2) is 17.5 Å². The van der Waals surface area contributed by atoms with Crippen LogP contribution in [0.25, 0.3) is 89.1 Å². The van der Waals surface area contributed by atoms with Gasteiger partial charge in [0.2, 0.25) is 0 Å². The number of hydrogen-bond acceptors (Lipinski definition) is 3. The van der Waals surface area contributed by atoms with Crippen molar-refractivity contribution in [3.8, 4) is 67.5 Å². The molecule has 0 unspecified atom stereocenters. The van der Waals surface area contributed by atoms with Crippen LogP contribution in [0.1, 0.15) is 0 Å². The van der Waals surface area contributed by atoms with Crippen LogP contribution in [0, 0.1) is 0 Å². The van der Waals surface area contributed by atoms with Crippen molar-refractivity contribution in [1.82, 2.24) is 15.0 Å². The Morgan fingerprint density at radius 2 is 0.680 bits per heavy atom. The molecule has 0 amide bonds. The van der Waals surface area contributed by atoms with E-state index in [1.54, 1.807) is 0 Å². The summed E-state index contributed by atoms with van der Waals surface area (Å²) in [6.07, 6.45) is 0. The Morgan fingerprint density at radius 3 is 1.42 bits per heavy atom. The van der Waals surface area contributed by atoms with Gasteiger partial charge in [0.25, 0.3) is 0 Å². The Kier molecular flexibility index (Phi) is 7.49. The standard InChI is InChI=1S/C47H31N3/c1-3-11-32(12-4-1)38-25-26-40-31-42(28-27-39(40)29-38)47-49-45(36-14-5-2-6-15-36)48-46(50-47)41-18-9-17-37(30-41)33-21-23-35(24-22-33)44-20-10-16-34-13-7-8-19-43(34)44/h1-31H. The summed E-state index contributed by atoms with van der Waals surface area (Å²) < 4.78 is 0. The maximum atomic E-state index is 5.07. The van der Waals surface area contributed by atoms with Gasteiger partial charge in [-0.3, -0.25) is 0 Å². The molecule has 3 nitrogen and oxygen atoms in total. The molecule has 50 heavy (non-hydrogen) atoms. The van der Waals surface area contributed by atoms with Gasteiger partial charge in [0, 0.05) is 16.7 Å². The fraction of sp³-hybridized carbons (Fsp3) is 0. The predicted octanol–water partition coefficient (Wildman–Crippen LogP) is 12.2. The van der Waals surface area contributed by atoms with Gasteiger partial charge < -0.3 is 0 Å². The van der Waals surface area contributed by atoms with Crippen molar-refractivity contribution in [3.63, 3.8) is 0 Å². The summed E-state index contributed by atoms with van der Waals surface area (Å²) in [5.41, 5.74) is 9.92. The Bertz CT molecular complexity index is 2620. The van der Waals surface area contributed by atoms with Crippen LogP contribution in [0.4, 0.5) is 0 Å². The van der Waals surface area contributed by atoms with E-state index in [-0.39, 0.29) is 0 Å². The fourth-order valence-electron chi connectivity index (χ4n) is 6.70. The van der Waals surface area contributed by atoms with Gasteiger partial charge in [-0.2, -0.15) is 0 Å². The summed E-state index contributed by atoms with van der Waals surface area (Å²) in [6, 6.07) is 65.9. The highest BCUT2D eigenvalue weighted by Gasteiger charge is 2.14. The number of benzene rings is 8.